The molecule has 0 aliphatic rings. The number of hydrogen-bond donors (Lipinski definition) is 0. The number of anilines is 1. The maximum Gasteiger partial charge on any atom is 0.260 e. The van der Waals surface area contributed by atoms with Crippen LogP contribution in [-0.2, 0) is 0 Å². The topological polar surface area (TPSA) is 49.3 Å². The first kappa shape index (κ1) is 24.9. The van der Waals surface area contributed by atoms with E-state index in [4.69, 9.17) is 4.98 Å². The molecule has 0 aliphatic heterocycles. The number of carbonyl (C=O) groups is 1. The van der Waals surface area contributed by atoms with Gasteiger partial charge >= 0.3 is 0 Å². The summed E-state index contributed by atoms with van der Waals surface area (Å²) in [4.78, 5) is 27.3. The van der Waals surface area contributed by atoms with Crippen LogP contribution in [0.5, 0.6) is 0 Å². The molecular weight excluding hydrogens is 490 g/mol. The highest BCUT2D eigenvalue weighted by Gasteiger charge is 2.25. The predicted molar refractivity (Wildman–Crippen MR) is 146 cm³/mol. The van der Waals surface area contributed by atoms with Gasteiger partial charge in [-0.25, -0.2) is 18.7 Å². The van der Waals surface area contributed by atoms with Crippen molar-refractivity contribution < 1.29 is 13.6 Å². The van der Waals surface area contributed by atoms with Gasteiger partial charge in [-0.2, -0.15) is 0 Å². The highest BCUT2D eigenvalue weighted by molar-refractivity contribution is 7.22. The van der Waals surface area contributed by atoms with Crippen LogP contribution in [0.2, 0.25) is 0 Å². The molecule has 0 spiro atoms. The Kier molecular flexibility index (Phi) is 7.21. The van der Waals surface area contributed by atoms with E-state index in [9.17, 15) is 13.6 Å². The minimum atomic E-state index is -0.741. The zero-order valence-electron chi connectivity index (χ0n) is 20.6. The van der Waals surface area contributed by atoms with Gasteiger partial charge in [0.2, 0.25) is 0 Å². The molecular formula is C29H26F2N4OS. The highest BCUT2D eigenvalue weighted by atomic mass is 32.1. The van der Waals surface area contributed by atoms with Crippen LogP contribution in [-0.4, -0.2) is 47.0 Å². The standard InChI is InChI=1S/C29H26F2N4OS/c1-3-34(4-2)14-15-35(29-33-27-23(31)16-20(30)17-26(27)37-29)28(36)22-18-25(19-10-6-5-7-11-19)32-24-13-9-8-12-21(22)24/h5-13,16-18H,3-4,14-15H2,1-2H3. The van der Waals surface area contributed by atoms with Crippen LogP contribution >= 0.6 is 11.3 Å². The molecule has 0 aliphatic carbocycles. The molecule has 5 rings (SSSR count). The maximum absolute atomic E-state index is 14.5. The second kappa shape index (κ2) is 10.7. The Morgan fingerprint density at radius 3 is 2.38 bits per heavy atom. The van der Waals surface area contributed by atoms with Crippen molar-refractivity contribution in [2.24, 2.45) is 0 Å². The van der Waals surface area contributed by atoms with E-state index in [1.165, 1.54) is 6.07 Å². The summed E-state index contributed by atoms with van der Waals surface area (Å²) in [6.07, 6.45) is 0. The fourth-order valence-corrected chi connectivity index (χ4v) is 5.41. The zero-order valence-corrected chi connectivity index (χ0v) is 21.4. The number of likely N-dealkylation sites (N-methyl/N-ethyl adjacent to an activating group) is 1. The summed E-state index contributed by atoms with van der Waals surface area (Å²) in [6.45, 7) is 6.74. The number of benzene rings is 3. The Labute approximate surface area is 218 Å². The van der Waals surface area contributed by atoms with Gasteiger partial charge < -0.3 is 4.90 Å². The Morgan fingerprint density at radius 2 is 1.62 bits per heavy atom. The third kappa shape index (κ3) is 5.08. The molecule has 3 aromatic carbocycles. The highest BCUT2D eigenvalue weighted by Crippen LogP contribution is 2.33. The predicted octanol–water partition coefficient (Wildman–Crippen LogP) is 6.78. The number of carbonyl (C=O) groups excluding carboxylic acids is 1. The lowest BCUT2D eigenvalue weighted by Crippen LogP contribution is -2.39. The molecule has 188 valence electrons. The van der Waals surface area contributed by atoms with Gasteiger partial charge in [-0.1, -0.05) is 73.7 Å². The lowest BCUT2D eigenvalue weighted by molar-refractivity contribution is 0.0985. The van der Waals surface area contributed by atoms with Gasteiger partial charge in [0.1, 0.15) is 11.3 Å². The number of thiazole rings is 1. The molecule has 1 amide bonds. The smallest absolute Gasteiger partial charge is 0.260 e. The summed E-state index contributed by atoms with van der Waals surface area (Å²) in [7, 11) is 0. The van der Waals surface area contributed by atoms with Crippen LogP contribution < -0.4 is 4.90 Å². The first-order valence-corrected chi connectivity index (χ1v) is 13.0. The van der Waals surface area contributed by atoms with Crippen molar-refractivity contribution in [3.05, 3.63) is 90.0 Å². The molecule has 0 saturated carbocycles. The fourth-order valence-electron chi connectivity index (χ4n) is 4.38. The third-order valence-corrected chi connectivity index (χ3v) is 7.45. The van der Waals surface area contributed by atoms with Crippen LogP contribution in [0.25, 0.3) is 32.4 Å². The third-order valence-electron chi connectivity index (χ3n) is 6.43. The van der Waals surface area contributed by atoms with E-state index in [2.05, 4.69) is 23.7 Å². The summed E-state index contributed by atoms with van der Waals surface area (Å²) in [6, 6.07) is 21.1. The van der Waals surface area contributed by atoms with Crippen molar-refractivity contribution in [3.8, 4) is 11.3 Å². The number of halogens is 2. The number of para-hydroxylation sites is 1. The van der Waals surface area contributed by atoms with Crippen LogP contribution in [0, 0.1) is 11.6 Å². The van der Waals surface area contributed by atoms with Crippen molar-refractivity contribution >= 4 is 43.5 Å². The second-order valence-corrected chi connectivity index (χ2v) is 9.66. The number of hydrogen-bond acceptors (Lipinski definition) is 5. The molecule has 0 unspecified atom stereocenters. The molecule has 0 atom stereocenters. The molecule has 8 heteroatoms. The zero-order chi connectivity index (χ0) is 25.9. The van der Waals surface area contributed by atoms with E-state index in [0.717, 1.165) is 41.4 Å². The number of amides is 1. The van der Waals surface area contributed by atoms with Gasteiger partial charge in [-0.15, -0.1) is 0 Å². The fraction of sp³-hybridized carbons (Fsp3) is 0.207. The Bertz CT molecular complexity index is 1570. The lowest BCUT2D eigenvalue weighted by atomic mass is 10.0. The molecule has 37 heavy (non-hydrogen) atoms. The van der Waals surface area contributed by atoms with E-state index in [-0.39, 0.29) is 11.4 Å². The van der Waals surface area contributed by atoms with E-state index in [1.54, 1.807) is 11.0 Å². The molecule has 0 saturated heterocycles. The van der Waals surface area contributed by atoms with Crippen LogP contribution in [0.1, 0.15) is 24.2 Å². The summed E-state index contributed by atoms with van der Waals surface area (Å²) < 4.78 is 28.8. The molecule has 2 aromatic heterocycles. The van der Waals surface area contributed by atoms with Crippen molar-refractivity contribution in [2.75, 3.05) is 31.1 Å². The van der Waals surface area contributed by atoms with Crippen molar-refractivity contribution in [2.45, 2.75) is 13.8 Å². The van der Waals surface area contributed by atoms with Gasteiger partial charge in [0.25, 0.3) is 5.91 Å². The number of pyridine rings is 1. The molecule has 0 radical (unpaired) electrons. The van der Waals surface area contributed by atoms with E-state index >= 15 is 0 Å². The van der Waals surface area contributed by atoms with E-state index < -0.39 is 11.6 Å². The average Bonchev–Trinajstić information content (AvgIpc) is 3.35. The molecule has 5 aromatic rings. The summed E-state index contributed by atoms with van der Waals surface area (Å²) in [5.41, 5.74) is 2.83. The SMILES string of the molecule is CCN(CC)CCN(C(=O)c1cc(-c2ccccc2)nc2ccccc12)c1nc2c(F)cc(F)cc2s1. The molecule has 5 nitrogen and oxygen atoms in total. The number of aromatic nitrogens is 2. The first-order valence-electron chi connectivity index (χ1n) is 12.2. The molecule has 2 heterocycles. The van der Waals surface area contributed by atoms with Crippen molar-refractivity contribution in [1.29, 1.82) is 0 Å². The van der Waals surface area contributed by atoms with E-state index in [1.807, 2.05) is 54.6 Å². The maximum atomic E-state index is 14.5. The number of fused-ring (bicyclic) bond motifs is 2. The monoisotopic (exact) mass is 516 g/mol. The average molecular weight is 517 g/mol. The molecule has 0 fully saturated rings. The van der Waals surface area contributed by atoms with Crippen molar-refractivity contribution in [1.82, 2.24) is 14.9 Å². The lowest BCUT2D eigenvalue weighted by Gasteiger charge is -2.25. The van der Waals surface area contributed by atoms with Gasteiger partial charge in [0.15, 0.2) is 10.9 Å². The number of rotatable bonds is 8. The summed E-state index contributed by atoms with van der Waals surface area (Å²) in [5.74, 6) is -1.67. The quantitative estimate of drug-likeness (QED) is 0.228. The summed E-state index contributed by atoms with van der Waals surface area (Å²) in [5, 5.41) is 1.05. The van der Waals surface area contributed by atoms with Gasteiger partial charge in [0.05, 0.1) is 21.5 Å². The summed E-state index contributed by atoms with van der Waals surface area (Å²) >= 11 is 1.11. The first-order chi connectivity index (χ1) is 18.0. The minimum absolute atomic E-state index is 0.0617. The van der Waals surface area contributed by atoms with Crippen LogP contribution in [0.15, 0.2) is 72.8 Å². The van der Waals surface area contributed by atoms with Crippen LogP contribution in [0.3, 0.4) is 0 Å². The Morgan fingerprint density at radius 1 is 0.892 bits per heavy atom. The second-order valence-electron chi connectivity index (χ2n) is 8.65. The van der Waals surface area contributed by atoms with Gasteiger partial charge in [-0.3, -0.25) is 9.69 Å². The Hall–Kier alpha value is -3.75. The molecule has 0 N–H and O–H groups in total. The number of nitrogens with zero attached hydrogens (tertiary/aromatic N) is 4. The van der Waals surface area contributed by atoms with Crippen LogP contribution in [0.4, 0.5) is 13.9 Å². The van der Waals surface area contributed by atoms with Crippen molar-refractivity contribution in [3.63, 3.8) is 0 Å². The minimum Gasteiger partial charge on any atom is -0.302 e. The Balaban J connectivity index is 1.64. The normalized spacial score (nSPS) is 11.5. The largest absolute Gasteiger partial charge is 0.302 e. The van der Waals surface area contributed by atoms with E-state index in [0.29, 0.717) is 39.7 Å². The van der Waals surface area contributed by atoms with Gasteiger partial charge in [-0.05, 0) is 31.3 Å². The van der Waals surface area contributed by atoms with Gasteiger partial charge in [0, 0.05) is 30.1 Å². The molecule has 0 bridgehead atoms.